The van der Waals surface area contributed by atoms with Crippen LogP contribution in [0.3, 0.4) is 0 Å². The normalized spacial score (nSPS) is 26.7. The molecule has 8 nitrogen and oxygen atoms in total. The number of hydrogen-bond donors (Lipinski definition) is 2. The number of carbonyl (C=O) groups is 2. The second kappa shape index (κ2) is 12.7. The van der Waals surface area contributed by atoms with E-state index in [2.05, 4.69) is 24.3 Å². The summed E-state index contributed by atoms with van der Waals surface area (Å²) in [6.07, 6.45) is 7.05. The number of esters is 2. The van der Waals surface area contributed by atoms with Crippen LogP contribution in [0.4, 0.5) is 0 Å². The molecule has 0 saturated heterocycles. The summed E-state index contributed by atoms with van der Waals surface area (Å²) in [4.78, 5) is 25.1. The zero-order valence-corrected chi connectivity index (χ0v) is 26.8. The minimum Gasteiger partial charge on any atom is -0.504 e. The molecule has 0 radical (unpaired) electrons. The molecule has 0 bridgehead atoms. The highest BCUT2D eigenvalue weighted by molar-refractivity contribution is 5.67. The van der Waals surface area contributed by atoms with Gasteiger partial charge in [-0.2, -0.15) is 0 Å². The first kappa shape index (κ1) is 31.5. The Morgan fingerprint density at radius 1 is 0.826 bits per heavy atom. The van der Waals surface area contributed by atoms with Gasteiger partial charge in [0.05, 0.1) is 14.2 Å². The van der Waals surface area contributed by atoms with Gasteiger partial charge in [-0.15, -0.1) is 0 Å². The zero-order chi connectivity index (χ0) is 32.6. The van der Waals surface area contributed by atoms with Crippen molar-refractivity contribution in [2.75, 3.05) is 14.2 Å². The summed E-state index contributed by atoms with van der Waals surface area (Å²) in [5.74, 6) is 0.0273. The Morgan fingerprint density at radius 2 is 1.50 bits per heavy atom. The van der Waals surface area contributed by atoms with E-state index in [0.29, 0.717) is 37.2 Å². The fourth-order valence-corrected chi connectivity index (χ4v) is 8.56. The quantitative estimate of drug-likeness (QED) is 0.297. The van der Waals surface area contributed by atoms with Crippen LogP contribution in [0, 0.1) is 17.3 Å². The largest absolute Gasteiger partial charge is 0.504 e. The maximum Gasteiger partial charge on any atom is 0.302 e. The maximum absolute atomic E-state index is 12.7. The van der Waals surface area contributed by atoms with Crippen molar-refractivity contribution in [3.63, 3.8) is 0 Å². The van der Waals surface area contributed by atoms with Crippen LogP contribution in [0.5, 0.6) is 23.0 Å². The highest BCUT2D eigenvalue weighted by Crippen LogP contribution is 2.60. The van der Waals surface area contributed by atoms with Gasteiger partial charge in [0.2, 0.25) is 0 Å². The number of phenols is 2. The monoisotopic (exact) mass is 626 g/mol. The van der Waals surface area contributed by atoms with Crippen LogP contribution in [0.1, 0.15) is 66.8 Å². The molecule has 0 unspecified atom stereocenters. The van der Waals surface area contributed by atoms with Crippen molar-refractivity contribution in [2.45, 2.75) is 70.5 Å². The number of methoxy groups -OCH3 is 2. The molecule has 8 heteroatoms. The number of carbonyl (C=O) groups excluding carboxylic acids is 2. The fraction of sp³-hybridized carbons (Fsp3) is 0.421. The number of benzene rings is 3. The number of aromatic hydroxyl groups is 2. The standard InChI is InChI=1S/C38H42O8/c1-22(39)45-28-18-30-29-20-37(44-4)33(41)15-25(29)10-11-31(30)38(13-12-24-8-6-5-7-9-24)21-27-16-34(42)36(43-3)17-26(27)14-32(38)35(19-28)46-23(2)40/h5-9,12-13,15-17,20,28,30-32,35,41-42H,10-11,14,18-19,21H2,1-4H3/t28-,30-,31+,32-,35-,38+/m1/s1. The van der Waals surface area contributed by atoms with Crippen molar-refractivity contribution in [2.24, 2.45) is 17.3 Å². The molecule has 6 atom stereocenters. The van der Waals surface area contributed by atoms with Crippen LogP contribution in [0.25, 0.3) is 6.08 Å². The highest BCUT2D eigenvalue weighted by Gasteiger charge is 2.56. The lowest BCUT2D eigenvalue weighted by Crippen LogP contribution is -2.54. The van der Waals surface area contributed by atoms with Gasteiger partial charge in [0.15, 0.2) is 23.0 Å². The number of aryl methyl sites for hydroxylation is 1. The smallest absolute Gasteiger partial charge is 0.302 e. The number of ether oxygens (including phenoxy) is 4. The summed E-state index contributed by atoms with van der Waals surface area (Å²) in [6, 6.07) is 17.6. The van der Waals surface area contributed by atoms with Gasteiger partial charge in [-0.25, -0.2) is 0 Å². The number of allylic oxidation sites excluding steroid dienone is 1. The van der Waals surface area contributed by atoms with Crippen molar-refractivity contribution in [3.05, 3.63) is 88.5 Å². The first-order valence-corrected chi connectivity index (χ1v) is 16.0. The number of rotatable bonds is 6. The first-order valence-electron chi connectivity index (χ1n) is 16.0. The Labute approximate surface area is 270 Å². The molecule has 3 aliphatic rings. The third kappa shape index (κ3) is 5.93. The van der Waals surface area contributed by atoms with Gasteiger partial charge in [0.1, 0.15) is 12.2 Å². The van der Waals surface area contributed by atoms with Gasteiger partial charge in [-0.05, 0) is 96.0 Å². The van der Waals surface area contributed by atoms with E-state index >= 15 is 0 Å². The van der Waals surface area contributed by atoms with Gasteiger partial charge in [0, 0.05) is 31.6 Å². The Hall–Kier alpha value is -4.46. The summed E-state index contributed by atoms with van der Waals surface area (Å²) in [7, 11) is 3.08. The van der Waals surface area contributed by atoms with Crippen LogP contribution in [0.15, 0.2) is 60.7 Å². The van der Waals surface area contributed by atoms with Crippen LogP contribution in [0.2, 0.25) is 0 Å². The minimum atomic E-state index is -0.535. The first-order chi connectivity index (χ1) is 22.1. The summed E-state index contributed by atoms with van der Waals surface area (Å²) >= 11 is 0. The van der Waals surface area contributed by atoms with E-state index in [0.717, 1.165) is 40.7 Å². The van der Waals surface area contributed by atoms with Crippen LogP contribution in [-0.4, -0.2) is 48.6 Å². The second-order valence-electron chi connectivity index (χ2n) is 13.0. The molecule has 0 spiro atoms. The SMILES string of the molecule is COc1cc2c(cc1O)C[C@]1(C=Cc3ccccc3)[C@H](C2)[C@H](OC(C)=O)C[C@H](OC(C)=O)C[C@@H]2c3cc(OC)c(O)cc3CC[C@@H]21. The summed E-state index contributed by atoms with van der Waals surface area (Å²) in [5.41, 5.74) is 4.73. The molecular weight excluding hydrogens is 584 g/mol. The van der Waals surface area contributed by atoms with Crippen LogP contribution >= 0.6 is 0 Å². The predicted molar refractivity (Wildman–Crippen MR) is 173 cm³/mol. The molecule has 6 rings (SSSR count). The molecule has 46 heavy (non-hydrogen) atoms. The van der Waals surface area contributed by atoms with E-state index in [1.165, 1.54) is 21.0 Å². The Morgan fingerprint density at radius 3 is 2.17 bits per heavy atom. The van der Waals surface area contributed by atoms with E-state index in [1.807, 2.05) is 36.4 Å². The molecule has 242 valence electrons. The van der Waals surface area contributed by atoms with Gasteiger partial charge in [-0.3, -0.25) is 9.59 Å². The van der Waals surface area contributed by atoms with Crippen molar-refractivity contribution in [1.29, 1.82) is 0 Å². The third-order valence-electron chi connectivity index (χ3n) is 10.4. The molecule has 1 saturated carbocycles. The Kier molecular flexibility index (Phi) is 8.73. The average molecular weight is 627 g/mol. The number of fused-ring (bicyclic) bond motifs is 6. The molecule has 3 aliphatic carbocycles. The molecule has 0 aliphatic heterocycles. The lowest BCUT2D eigenvalue weighted by molar-refractivity contribution is -0.163. The van der Waals surface area contributed by atoms with Crippen LogP contribution < -0.4 is 9.47 Å². The summed E-state index contributed by atoms with van der Waals surface area (Å²) in [5, 5.41) is 21.6. The molecule has 3 aromatic carbocycles. The second-order valence-corrected chi connectivity index (χ2v) is 13.0. The lowest BCUT2D eigenvalue weighted by atomic mass is 9.49. The molecule has 0 aromatic heterocycles. The fourth-order valence-electron chi connectivity index (χ4n) is 8.56. The van der Waals surface area contributed by atoms with E-state index in [-0.39, 0.29) is 41.2 Å². The van der Waals surface area contributed by atoms with Crippen molar-refractivity contribution < 1.29 is 38.7 Å². The third-order valence-corrected chi connectivity index (χ3v) is 10.4. The topological polar surface area (TPSA) is 112 Å². The Balaban J connectivity index is 1.60. The number of phenolic OH excluding ortho intramolecular Hbond substituents is 2. The molecule has 2 N–H and O–H groups in total. The van der Waals surface area contributed by atoms with Gasteiger partial charge >= 0.3 is 11.9 Å². The molecule has 3 aromatic rings. The number of hydrogen-bond acceptors (Lipinski definition) is 8. The molecular formula is C38H42O8. The van der Waals surface area contributed by atoms with Gasteiger partial charge in [0.25, 0.3) is 0 Å². The lowest BCUT2D eigenvalue weighted by Gasteiger charge is -2.56. The summed E-state index contributed by atoms with van der Waals surface area (Å²) in [6.45, 7) is 2.84. The van der Waals surface area contributed by atoms with Gasteiger partial charge in [-0.1, -0.05) is 42.5 Å². The predicted octanol–water partition coefficient (Wildman–Crippen LogP) is 6.53. The average Bonchev–Trinajstić information content (AvgIpc) is 3.02. The van der Waals surface area contributed by atoms with E-state index in [9.17, 15) is 19.8 Å². The molecule has 1 fully saturated rings. The molecule has 0 heterocycles. The van der Waals surface area contributed by atoms with E-state index in [1.54, 1.807) is 13.2 Å². The maximum atomic E-state index is 12.7. The van der Waals surface area contributed by atoms with E-state index in [4.69, 9.17) is 18.9 Å². The summed E-state index contributed by atoms with van der Waals surface area (Å²) < 4.78 is 23.2. The van der Waals surface area contributed by atoms with Crippen LogP contribution in [-0.2, 0) is 38.3 Å². The molecule has 0 amide bonds. The van der Waals surface area contributed by atoms with Crippen molar-refractivity contribution >= 4 is 18.0 Å². The zero-order valence-electron chi connectivity index (χ0n) is 26.8. The minimum absolute atomic E-state index is 0.0352. The van der Waals surface area contributed by atoms with Gasteiger partial charge < -0.3 is 29.2 Å². The van der Waals surface area contributed by atoms with Crippen molar-refractivity contribution in [1.82, 2.24) is 0 Å². The van der Waals surface area contributed by atoms with E-state index < -0.39 is 17.6 Å². The van der Waals surface area contributed by atoms with Crippen molar-refractivity contribution in [3.8, 4) is 23.0 Å². The Bertz CT molecular complexity index is 1650. The highest BCUT2D eigenvalue weighted by atomic mass is 16.6.